The van der Waals surface area contributed by atoms with Crippen molar-refractivity contribution in [3.05, 3.63) is 398 Å². The number of hydrogen-bond acceptors (Lipinski definition) is 19. The van der Waals surface area contributed by atoms with Crippen LogP contribution in [-0.4, -0.2) is 199 Å². The molecule has 0 saturated carbocycles. The number of pyridine rings is 8. The van der Waals surface area contributed by atoms with Crippen LogP contribution in [-0.2, 0) is 0 Å². The molecule has 6 aromatic carbocycles. The number of nitrogens with one attached hydrogen (secondary N) is 9. The van der Waals surface area contributed by atoms with Gasteiger partial charge in [-0.3, -0.25) is 60.9 Å². The maximum atomic E-state index is 13.2. The third-order valence-electron chi connectivity index (χ3n) is 25.7. The second kappa shape index (κ2) is 44.0. The van der Waals surface area contributed by atoms with Gasteiger partial charge in [0.05, 0.1) is 52.6 Å². The number of hydrogen-bond donors (Lipinski definition) is 9. The van der Waals surface area contributed by atoms with E-state index in [-0.39, 0.29) is 45.9 Å². The first-order chi connectivity index (χ1) is 69.2. The van der Waals surface area contributed by atoms with Crippen LogP contribution in [0, 0.1) is 5.92 Å². The number of piperazine rings is 1. The van der Waals surface area contributed by atoms with Crippen LogP contribution >= 0.6 is 0 Å². The SMILES string of the molecule is CC(C)CNC(=O)c1ccc(Nc2ccc(-c3cc[nH]c(=O)c3)n3ccnc23)cc1.CN(C)CCN1CCN(C(=O)c2ccc(Nc3ccc(-c4cc[nH]c(=O)c4)n4ccnc34)cc2)CC1.COc1ccccc1C1CCN(C(=O)c2ccc(Nc3ccc(-c4cc[nH]c(=O)c4)n4ccnc34)cc2)CC1.O=C(c1ccc(Nc2ccc(-c3cc[nH]c(=O)c3)n3ccnc23)cc1)N1CCC(c2ccccc2)CC1. The number of H-pyrrole nitrogens is 4. The Balaban J connectivity index is 0.000000125. The second-order valence-electron chi connectivity index (χ2n) is 35.9. The number of carbonyl (C=O) groups is 4. The van der Waals surface area contributed by atoms with Gasteiger partial charge in [0.25, 0.3) is 23.6 Å². The molecule has 0 aliphatic carbocycles. The number of ether oxygens (including phenoxy) is 1. The lowest BCUT2D eigenvalue weighted by Gasteiger charge is -2.35. The van der Waals surface area contributed by atoms with Crippen molar-refractivity contribution in [1.82, 2.24) is 87.3 Å². The molecule has 718 valence electrons. The van der Waals surface area contributed by atoms with Crippen LogP contribution < -0.4 is 53.6 Å². The van der Waals surface area contributed by atoms with E-state index >= 15 is 0 Å². The molecule has 0 bridgehead atoms. The Morgan fingerprint density at radius 1 is 0.380 bits per heavy atom. The van der Waals surface area contributed by atoms with Gasteiger partial charge in [-0.15, -0.1) is 0 Å². The number of benzene rings is 6. The summed E-state index contributed by atoms with van der Waals surface area (Å²) in [7, 11) is 5.87. The summed E-state index contributed by atoms with van der Waals surface area (Å²) in [4.78, 5) is 138. The number of amides is 4. The Labute approximate surface area is 818 Å². The number of fused-ring (bicyclic) bond motifs is 4. The predicted octanol–water partition coefficient (Wildman–Crippen LogP) is 17.5. The molecule has 3 fully saturated rings. The molecule has 3 aliphatic heterocycles. The molecular weight excluding hydrogens is 1790 g/mol. The van der Waals surface area contributed by atoms with Gasteiger partial charge in [-0.2, -0.15) is 0 Å². The normalized spacial score (nSPS) is 13.5. The van der Waals surface area contributed by atoms with E-state index in [2.05, 4.69) is 135 Å². The van der Waals surface area contributed by atoms with Crippen LogP contribution in [0.25, 0.3) is 67.6 Å². The number of methoxy groups -OCH3 is 1. The quantitative estimate of drug-likeness (QED) is 0.0271. The van der Waals surface area contributed by atoms with E-state index < -0.39 is 0 Å². The molecule has 0 atom stereocenters. The first-order valence-electron chi connectivity index (χ1n) is 47.6. The number of para-hydroxylation sites is 1. The zero-order valence-corrected chi connectivity index (χ0v) is 79.4. The van der Waals surface area contributed by atoms with Crippen molar-refractivity contribution in [1.29, 1.82) is 0 Å². The largest absolute Gasteiger partial charge is 0.496 e. The number of anilines is 8. The summed E-state index contributed by atoms with van der Waals surface area (Å²) < 4.78 is 13.3. The molecule has 3 saturated heterocycles. The van der Waals surface area contributed by atoms with E-state index in [1.165, 1.54) is 11.1 Å². The number of imidazole rings is 4. The summed E-state index contributed by atoms with van der Waals surface area (Å²) in [5, 5.41) is 16.5. The molecule has 0 radical (unpaired) electrons. The van der Waals surface area contributed by atoms with Crippen molar-refractivity contribution >= 4 is 91.7 Å². The summed E-state index contributed by atoms with van der Waals surface area (Å²) in [6.45, 7) is 13.1. The summed E-state index contributed by atoms with van der Waals surface area (Å²) in [5.41, 5.74) is 21.1. The van der Waals surface area contributed by atoms with E-state index in [1.807, 2.05) is 239 Å². The van der Waals surface area contributed by atoms with Crippen molar-refractivity contribution in [3.63, 3.8) is 0 Å². The summed E-state index contributed by atoms with van der Waals surface area (Å²) in [5.74, 6) is 2.37. The van der Waals surface area contributed by atoms with Crippen molar-refractivity contribution in [3.8, 4) is 50.8 Å². The van der Waals surface area contributed by atoms with Gasteiger partial charge in [-0.25, -0.2) is 19.9 Å². The Bertz CT molecular complexity index is 7730. The molecule has 4 amide bonds. The molecule has 142 heavy (non-hydrogen) atoms. The van der Waals surface area contributed by atoms with Gasteiger partial charge in [0.2, 0.25) is 22.2 Å². The van der Waals surface area contributed by atoms with Crippen LogP contribution in [0.2, 0.25) is 0 Å². The zero-order valence-electron chi connectivity index (χ0n) is 79.4. The zero-order chi connectivity index (χ0) is 98.1. The highest BCUT2D eigenvalue weighted by molar-refractivity contribution is 5.97. The number of aromatic nitrogens is 12. The minimum Gasteiger partial charge on any atom is -0.496 e. The van der Waals surface area contributed by atoms with Gasteiger partial charge in [-0.05, 0) is 245 Å². The molecule has 9 N–H and O–H groups in total. The number of likely N-dealkylation sites (N-methyl/N-ethyl adjacent to an activating group) is 1. The molecule has 31 nitrogen and oxygen atoms in total. The molecule has 18 aromatic rings. The fourth-order valence-corrected chi connectivity index (χ4v) is 18.2. The lowest BCUT2D eigenvalue weighted by Crippen LogP contribution is -2.49. The Morgan fingerprint density at radius 3 is 1.04 bits per heavy atom. The van der Waals surface area contributed by atoms with Crippen LogP contribution in [0.15, 0.2) is 342 Å². The first-order valence-corrected chi connectivity index (χ1v) is 47.6. The minimum atomic E-state index is -0.154. The maximum absolute atomic E-state index is 13.2. The van der Waals surface area contributed by atoms with E-state index in [4.69, 9.17) is 4.74 Å². The van der Waals surface area contributed by atoms with Crippen molar-refractivity contribution < 1.29 is 23.9 Å². The predicted molar refractivity (Wildman–Crippen MR) is 557 cm³/mol. The lowest BCUT2D eigenvalue weighted by molar-refractivity contribution is 0.0628. The minimum absolute atomic E-state index is 0.0536. The standard InChI is InChI=1S/C31H29N5O3.C30H27N5O2.C27H31N7O2.C23H23N5O2/c1-39-28-5-3-2-4-25(28)21-13-17-35(18-14-21)31(38)22-6-8-24(9-7-22)34-26-10-11-27(36-19-16-33-30(26)36)23-12-15-32-29(37)20-23;36-28-20-24(12-15-31-28)27-11-10-26(29-32-16-19-35(27)29)33-25-8-6-23(7-9-25)30(37)34-17-13-22(14-18-34)21-4-2-1-3-5-21;1-31(2)13-14-32-15-17-33(18-16-32)27(36)20-3-5-22(6-4-20)30-23-7-8-24(34-12-11-29-26(23)34)21-9-10-28-25(35)19-21;1-15(2)14-26-23(30)16-3-5-18(6-4-16)27-19-7-8-20(28-12-11-25-22(19)28)17-9-10-24-21(29)13-17/h2-12,15-16,19-21,34H,13-14,17-18H2,1H3,(H,32,37);1-12,15-16,19-20,22,33H,13-14,17-18H2,(H,31,36);3-12,19,30H,13-18H2,1-2H3,(H,28,35);3-13,15,27H,14H2,1-2H3,(H,24,29)(H,26,30). The topological polar surface area (TPSA) is 354 Å². The molecule has 31 heteroatoms. The molecule has 0 unspecified atom stereocenters. The van der Waals surface area contributed by atoms with E-state index in [9.17, 15) is 38.4 Å². The van der Waals surface area contributed by atoms with Crippen LogP contribution in [0.4, 0.5) is 45.5 Å². The summed E-state index contributed by atoms with van der Waals surface area (Å²) in [6.07, 6.45) is 24.8. The second-order valence-corrected chi connectivity index (χ2v) is 35.9. The van der Waals surface area contributed by atoms with Crippen molar-refractivity contribution in [2.75, 3.05) is 114 Å². The third-order valence-corrected chi connectivity index (χ3v) is 25.7. The van der Waals surface area contributed by atoms with Gasteiger partial charge in [0.15, 0.2) is 22.6 Å². The highest BCUT2D eigenvalue weighted by Crippen LogP contribution is 2.38. The third kappa shape index (κ3) is 22.6. The fourth-order valence-electron chi connectivity index (χ4n) is 18.2. The van der Waals surface area contributed by atoms with Crippen LogP contribution in [0.1, 0.15) is 104 Å². The molecule has 21 rings (SSSR count). The Kier molecular flexibility index (Phi) is 29.4. The van der Waals surface area contributed by atoms with Gasteiger partial charge in [-0.1, -0.05) is 62.4 Å². The molecule has 0 spiro atoms. The average Bonchev–Trinajstić information content (AvgIpc) is 1.62. The van der Waals surface area contributed by atoms with Crippen LogP contribution in [0.5, 0.6) is 5.75 Å². The Morgan fingerprint density at radius 2 is 0.704 bits per heavy atom. The number of likely N-dealkylation sites (tertiary alicyclic amines) is 2. The van der Waals surface area contributed by atoms with Gasteiger partial charge in [0.1, 0.15) is 5.75 Å². The van der Waals surface area contributed by atoms with Crippen molar-refractivity contribution in [2.24, 2.45) is 5.92 Å². The number of nitrogens with zero attached hydrogens (tertiary/aromatic N) is 13. The maximum Gasteiger partial charge on any atom is 0.253 e. The number of carbonyl (C=O) groups excluding carboxylic acids is 4. The fraction of sp³-hybridized carbons (Fsp3) is 0.207. The van der Waals surface area contributed by atoms with Gasteiger partial charge >= 0.3 is 0 Å². The van der Waals surface area contributed by atoms with Crippen LogP contribution in [0.3, 0.4) is 0 Å². The molecular formula is C111H110N22O9. The highest BCUT2D eigenvalue weighted by Gasteiger charge is 2.30. The van der Waals surface area contributed by atoms with Crippen molar-refractivity contribution in [2.45, 2.75) is 51.4 Å². The lowest BCUT2D eigenvalue weighted by atomic mass is 9.88. The monoisotopic (exact) mass is 1890 g/mol. The van der Waals surface area contributed by atoms with Gasteiger partial charge < -0.3 is 70.9 Å². The molecule has 12 aromatic heterocycles. The summed E-state index contributed by atoms with van der Waals surface area (Å²) >= 11 is 0. The average molecular weight is 1900 g/mol. The van der Waals surface area contributed by atoms with E-state index in [1.54, 1.807) is 93.1 Å². The number of rotatable bonds is 24. The first kappa shape index (κ1) is 95.0. The molecule has 3 aliphatic rings. The number of piperidine rings is 2. The van der Waals surface area contributed by atoms with E-state index in [0.29, 0.717) is 46.6 Å². The van der Waals surface area contributed by atoms with E-state index in [0.717, 1.165) is 210 Å². The molecule has 15 heterocycles. The highest BCUT2D eigenvalue weighted by atomic mass is 16.5. The smallest absolute Gasteiger partial charge is 0.253 e. The summed E-state index contributed by atoms with van der Waals surface area (Å²) in [6, 6.07) is 78.1. The number of aromatic amines is 4. The van der Waals surface area contributed by atoms with Gasteiger partial charge in [0, 0.05) is 238 Å². The Hall–Kier alpha value is -17.3.